The van der Waals surface area contributed by atoms with Crippen molar-refractivity contribution in [3.8, 4) is 33.9 Å². The second kappa shape index (κ2) is 9.72. The van der Waals surface area contributed by atoms with Gasteiger partial charge < -0.3 is 4.42 Å². The van der Waals surface area contributed by atoms with Crippen molar-refractivity contribution < 1.29 is 4.42 Å². The number of benzene rings is 5. The van der Waals surface area contributed by atoms with Crippen molar-refractivity contribution in [1.82, 2.24) is 15.0 Å². The van der Waals surface area contributed by atoms with Crippen LogP contribution in [0.5, 0.6) is 0 Å². The van der Waals surface area contributed by atoms with Crippen LogP contribution in [0.2, 0.25) is 0 Å². The molecular formula is C40H27N3O. The van der Waals surface area contributed by atoms with Crippen LogP contribution in [0, 0.1) is 0 Å². The number of fused-ring (bicyclic) bond motifs is 6. The number of hydrogen-bond donors (Lipinski definition) is 0. The standard InChI is InChI=1S/C40H27N3O/c1-3-12-27(13-4-1)40(28-14-5-2-6-15-28)33-19-9-7-17-31(33)37-32(18-11-20-34(37)40)39-42-25-41-38(43-39)26-22-23-30-29-16-8-10-21-35(29)44-36(30)24-26/h1-7,9,11-25H,8,10H2. The van der Waals surface area contributed by atoms with Gasteiger partial charge in [-0.15, -0.1) is 0 Å². The van der Waals surface area contributed by atoms with Gasteiger partial charge in [-0.2, -0.15) is 0 Å². The summed E-state index contributed by atoms with van der Waals surface area (Å²) in [6.45, 7) is 0. The molecule has 0 amide bonds. The molecule has 0 unspecified atom stereocenters. The van der Waals surface area contributed by atoms with E-state index in [0.717, 1.165) is 45.9 Å². The van der Waals surface area contributed by atoms with Gasteiger partial charge in [-0.1, -0.05) is 115 Å². The molecule has 4 nitrogen and oxygen atoms in total. The number of nitrogens with zero attached hydrogens (tertiary/aromatic N) is 3. The Bertz CT molecular complexity index is 2300. The lowest BCUT2D eigenvalue weighted by Gasteiger charge is -2.33. The molecule has 0 atom stereocenters. The van der Waals surface area contributed by atoms with Crippen LogP contribution >= 0.6 is 0 Å². The first-order valence-electron chi connectivity index (χ1n) is 15.1. The lowest BCUT2D eigenvalue weighted by atomic mass is 9.67. The van der Waals surface area contributed by atoms with E-state index in [1.165, 1.54) is 33.0 Å². The average Bonchev–Trinajstić information content (AvgIpc) is 3.63. The Morgan fingerprint density at radius 2 is 1.27 bits per heavy atom. The number of rotatable bonds is 4. The summed E-state index contributed by atoms with van der Waals surface area (Å²) in [5, 5.41) is 2.32. The highest BCUT2D eigenvalue weighted by atomic mass is 16.3. The van der Waals surface area contributed by atoms with Crippen molar-refractivity contribution in [2.24, 2.45) is 0 Å². The number of aromatic nitrogens is 3. The quantitative estimate of drug-likeness (QED) is 0.220. The van der Waals surface area contributed by atoms with Crippen LogP contribution in [0.4, 0.5) is 0 Å². The van der Waals surface area contributed by atoms with Gasteiger partial charge in [-0.3, -0.25) is 0 Å². The monoisotopic (exact) mass is 565 g/mol. The van der Waals surface area contributed by atoms with E-state index in [2.05, 4.69) is 138 Å². The largest absolute Gasteiger partial charge is 0.456 e. The van der Waals surface area contributed by atoms with Crippen molar-refractivity contribution in [3.05, 3.63) is 161 Å². The number of hydrogen-bond acceptors (Lipinski definition) is 4. The van der Waals surface area contributed by atoms with E-state index in [1.807, 2.05) is 0 Å². The molecule has 208 valence electrons. The molecule has 0 radical (unpaired) electrons. The normalized spacial score (nSPS) is 14.3. The highest BCUT2D eigenvalue weighted by Gasteiger charge is 2.46. The van der Waals surface area contributed by atoms with Crippen molar-refractivity contribution in [2.45, 2.75) is 18.3 Å². The Morgan fingerprint density at radius 3 is 2.09 bits per heavy atom. The maximum absolute atomic E-state index is 6.22. The molecule has 0 spiro atoms. The van der Waals surface area contributed by atoms with Crippen LogP contribution in [-0.4, -0.2) is 15.0 Å². The summed E-state index contributed by atoms with van der Waals surface area (Å²) < 4.78 is 6.22. The molecule has 7 aromatic rings. The molecule has 2 aliphatic rings. The second-order valence-corrected chi connectivity index (χ2v) is 11.5. The van der Waals surface area contributed by atoms with Gasteiger partial charge in [-0.25, -0.2) is 15.0 Å². The first-order valence-corrected chi connectivity index (χ1v) is 15.1. The van der Waals surface area contributed by atoms with Crippen molar-refractivity contribution in [3.63, 3.8) is 0 Å². The summed E-state index contributed by atoms with van der Waals surface area (Å²) in [7, 11) is 0. The summed E-state index contributed by atoms with van der Waals surface area (Å²) in [6.07, 6.45) is 8.12. The Labute approximate surface area is 254 Å². The third-order valence-corrected chi connectivity index (χ3v) is 9.16. The van der Waals surface area contributed by atoms with Gasteiger partial charge in [0.15, 0.2) is 11.6 Å². The van der Waals surface area contributed by atoms with Crippen LogP contribution in [0.25, 0.3) is 57.0 Å². The van der Waals surface area contributed by atoms with Crippen LogP contribution in [-0.2, 0) is 5.41 Å². The molecule has 0 aliphatic heterocycles. The lowest BCUT2D eigenvalue weighted by Crippen LogP contribution is -2.28. The third kappa shape index (κ3) is 3.54. The summed E-state index contributed by atoms with van der Waals surface area (Å²) in [5.41, 5.74) is 10.5. The predicted octanol–water partition coefficient (Wildman–Crippen LogP) is 7.67. The summed E-state index contributed by atoms with van der Waals surface area (Å²) in [5.74, 6) is 1.28. The fraction of sp³-hybridized carbons (Fsp3) is 0.0750. The Morgan fingerprint density at radius 1 is 0.591 bits per heavy atom. The zero-order chi connectivity index (χ0) is 29.1. The topological polar surface area (TPSA) is 51.8 Å². The van der Waals surface area contributed by atoms with Gasteiger partial charge in [0, 0.05) is 21.7 Å². The predicted molar refractivity (Wildman–Crippen MR) is 175 cm³/mol. The molecule has 9 rings (SSSR count). The molecule has 5 aromatic carbocycles. The smallest absolute Gasteiger partial charge is 0.164 e. The molecule has 2 aromatic heterocycles. The highest BCUT2D eigenvalue weighted by molar-refractivity contribution is 5.94. The second-order valence-electron chi connectivity index (χ2n) is 11.5. The maximum atomic E-state index is 6.22. The minimum atomic E-state index is -0.474. The maximum Gasteiger partial charge on any atom is 0.164 e. The van der Waals surface area contributed by atoms with E-state index in [1.54, 1.807) is 6.33 Å². The van der Waals surface area contributed by atoms with E-state index < -0.39 is 5.41 Å². The first-order chi connectivity index (χ1) is 21.8. The molecule has 0 fully saturated rings. The van der Waals surface area contributed by atoms with E-state index in [4.69, 9.17) is 14.4 Å². The van der Waals surface area contributed by atoms with Crippen LogP contribution in [0.15, 0.2) is 132 Å². The summed E-state index contributed by atoms with van der Waals surface area (Å²) in [6, 6.07) is 43.2. The fourth-order valence-electron chi connectivity index (χ4n) is 7.32. The van der Waals surface area contributed by atoms with Gasteiger partial charge in [-0.05, 0) is 64.4 Å². The van der Waals surface area contributed by atoms with Gasteiger partial charge in [0.2, 0.25) is 0 Å². The minimum absolute atomic E-state index is 0.474. The molecule has 0 saturated heterocycles. The molecule has 4 heteroatoms. The van der Waals surface area contributed by atoms with Gasteiger partial charge in [0.1, 0.15) is 17.3 Å². The highest BCUT2D eigenvalue weighted by Crippen LogP contribution is 2.57. The minimum Gasteiger partial charge on any atom is -0.456 e. The van der Waals surface area contributed by atoms with Crippen molar-refractivity contribution in [2.75, 3.05) is 0 Å². The molecule has 2 aliphatic carbocycles. The summed E-state index contributed by atoms with van der Waals surface area (Å²) in [4.78, 5) is 14.4. The van der Waals surface area contributed by atoms with E-state index in [-0.39, 0.29) is 0 Å². The first kappa shape index (κ1) is 24.9. The molecule has 0 N–H and O–H groups in total. The number of furan rings is 1. The van der Waals surface area contributed by atoms with Crippen molar-refractivity contribution >= 4 is 23.1 Å². The van der Waals surface area contributed by atoms with Gasteiger partial charge in [0.05, 0.1) is 5.41 Å². The average molecular weight is 566 g/mol. The lowest BCUT2D eigenvalue weighted by molar-refractivity contribution is 0.572. The Hall–Kier alpha value is -5.61. The van der Waals surface area contributed by atoms with Gasteiger partial charge in [0.25, 0.3) is 0 Å². The summed E-state index contributed by atoms with van der Waals surface area (Å²) >= 11 is 0. The molecule has 2 heterocycles. The van der Waals surface area contributed by atoms with E-state index >= 15 is 0 Å². The third-order valence-electron chi connectivity index (χ3n) is 9.16. The molecule has 0 saturated carbocycles. The Balaban J connectivity index is 1.26. The molecule has 0 bridgehead atoms. The van der Waals surface area contributed by atoms with E-state index in [9.17, 15) is 0 Å². The van der Waals surface area contributed by atoms with Gasteiger partial charge >= 0.3 is 0 Å². The molecule has 44 heavy (non-hydrogen) atoms. The zero-order valence-corrected chi connectivity index (χ0v) is 23.9. The Kier molecular flexibility index (Phi) is 5.51. The van der Waals surface area contributed by atoms with Crippen LogP contribution in [0.3, 0.4) is 0 Å². The van der Waals surface area contributed by atoms with Crippen LogP contribution < -0.4 is 10.6 Å². The zero-order valence-electron chi connectivity index (χ0n) is 23.9. The van der Waals surface area contributed by atoms with Crippen LogP contribution in [0.1, 0.15) is 35.1 Å². The molecular weight excluding hydrogens is 538 g/mol. The van der Waals surface area contributed by atoms with E-state index in [0.29, 0.717) is 11.6 Å². The SMILES string of the molecule is C1=c2oc3cc(-c4ncnc(-c5cccc6c5-c5ccccc5C6(c5ccccc5)c5ccccc5)n4)ccc3c2=CCC1. The van der Waals surface area contributed by atoms with Crippen molar-refractivity contribution in [1.29, 1.82) is 0 Å². The fourth-order valence-corrected chi connectivity index (χ4v) is 7.32.